The number of para-hydroxylation sites is 1. The van der Waals surface area contributed by atoms with Crippen LogP contribution in [-0.4, -0.2) is 6.85 Å². The molecule has 15 rings (SSSR count). The first kappa shape index (κ1) is 49.0. The standard InChI is InChI=1S/C77H58BN3O/c1-51-46-60(77(2,3)4)37-45-69(51)80-71-49-63(79(61-38-32-56(33-39-61)52-20-9-5-10-21-52)62-40-34-57(35-41-62)53-22-11-6-12-23-53)42-43-68(71)78-75-67(50-73-74(76(75)80)65-30-17-18-31-72(65)82-73)66-48-59(55-26-15-8-16-27-55)36-44-70(66)81(78)64-29-19-28-58(47-64)54-24-13-7-14-25-54/h5-50H,1-4H3. The van der Waals surface area contributed by atoms with Crippen molar-refractivity contribution in [3.8, 4) is 55.6 Å². The first-order valence-electron chi connectivity index (χ1n) is 28.5. The van der Waals surface area contributed by atoms with Gasteiger partial charge in [0.2, 0.25) is 0 Å². The number of anilines is 8. The maximum Gasteiger partial charge on any atom is 0.333 e. The van der Waals surface area contributed by atoms with E-state index in [1.54, 1.807) is 0 Å². The second-order valence-electron chi connectivity index (χ2n) is 22.9. The van der Waals surface area contributed by atoms with Crippen LogP contribution in [0.1, 0.15) is 31.9 Å². The molecule has 0 N–H and O–H groups in total. The van der Waals surface area contributed by atoms with Crippen molar-refractivity contribution in [1.82, 2.24) is 0 Å². The van der Waals surface area contributed by atoms with E-state index in [2.05, 4.69) is 321 Å². The molecule has 2 aliphatic rings. The van der Waals surface area contributed by atoms with Crippen molar-refractivity contribution in [2.45, 2.75) is 33.1 Å². The second-order valence-corrected chi connectivity index (χ2v) is 22.9. The fraction of sp³-hybridized carbons (Fsp3) is 0.0649. The number of hydrogen-bond acceptors (Lipinski definition) is 4. The Morgan fingerprint density at radius 1 is 0.390 bits per heavy atom. The van der Waals surface area contributed by atoms with E-state index < -0.39 is 0 Å². The summed E-state index contributed by atoms with van der Waals surface area (Å²) in [5.74, 6) is 0. The Morgan fingerprint density at radius 2 is 0.902 bits per heavy atom. The van der Waals surface area contributed by atoms with Crippen molar-refractivity contribution in [2.24, 2.45) is 0 Å². The van der Waals surface area contributed by atoms with Crippen LogP contribution in [0.2, 0.25) is 0 Å². The summed E-state index contributed by atoms with van der Waals surface area (Å²) in [6.07, 6.45) is 0. The third-order valence-corrected chi connectivity index (χ3v) is 16.9. The Bertz CT molecular complexity index is 4470. The molecule has 0 bridgehead atoms. The quantitative estimate of drug-likeness (QED) is 0.134. The second kappa shape index (κ2) is 19.6. The summed E-state index contributed by atoms with van der Waals surface area (Å²) in [6.45, 7) is 8.94. The molecule has 3 heterocycles. The summed E-state index contributed by atoms with van der Waals surface area (Å²) in [7, 11) is 0. The molecule has 1 aromatic heterocycles. The summed E-state index contributed by atoms with van der Waals surface area (Å²) >= 11 is 0. The topological polar surface area (TPSA) is 22.9 Å². The predicted octanol–water partition coefficient (Wildman–Crippen LogP) is 20.0. The number of hydrogen-bond donors (Lipinski definition) is 0. The van der Waals surface area contributed by atoms with Crippen LogP contribution in [0.15, 0.2) is 283 Å². The molecule has 4 nitrogen and oxygen atoms in total. The van der Waals surface area contributed by atoms with Crippen LogP contribution in [0.3, 0.4) is 0 Å². The van der Waals surface area contributed by atoms with Crippen molar-refractivity contribution in [1.29, 1.82) is 0 Å². The van der Waals surface area contributed by atoms with Gasteiger partial charge in [0.1, 0.15) is 11.2 Å². The Kier molecular flexibility index (Phi) is 11.7. The highest BCUT2D eigenvalue weighted by Crippen LogP contribution is 2.53. The van der Waals surface area contributed by atoms with Gasteiger partial charge >= 0.3 is 6.85 Å². The van der Waals surface area contributed by atoms with Crippen LogP contribution >= 0.6 is 0 Å². The predicted molar refractivity (Wildman–Crippen MR) is 347 cm³/mol. The van der Waals surface area contributed by atoms with Crippen LogP contribution in [0.5, 0.6) is 0 Å². The van der Waals surface area contributed by atoms with Crippen molar-refractivity contribution in [2.75, 3.05) is 14.6 Å². The van der Waals surface area contributed by atoms with E-state index in [1.165, 1.54) is 55.4 Å². The van der Waals surface area contributed by atoms with Gasteiger partial charge in [-0.05, 0) is 163 Å². The molecule has 82 heavy (non-hydrogen) atoms. The van der Waals surface area contributed by atoms with Gasteiger partial charge in [0.15, 0.2) is 0 Å². The molecule has 12 aromatic carbocycles. The van der Waals surface area contributed by atoms with Gasteiger partial charge in [0, 0.05) is 50.8 Å². The Hall–Kier alpha value is -10.1. The highest BCUT2D eigenvalue weighted by atomic mass is 16.3. The van der Waals surface area contributed by atoms with E-state index in [-0.39, 0.29) is 12.3 Å². The molecular formula is C77H58BN3O. The molecule has 0 aliphatic carbocycles. The minimum Gasteiger partial charge on any atom is -0.456 e. The van der Waals surface area contributed by atoms with E-state index in [0.29, 0.717) is 0 Å². The molecule has 0 amide bonds. The highest BCUT2D eigenvalue weighted by molar-refractivity contribution is 6.94. The van der Waals surface area contributed by atoms with Gasteiger partial charge in [-0.25, -0.2) is 0 Å². The van der Waals surface area contributed by atoms with E-state index in [9.17, 15) is 0 Å². The lowest BCUT2D eigenvalue weighted by molar-refractivity contribution is 0.590. The van der Waals surface area contributed by atoms with E-state index in [4.69, 9.17) is 4.42 Å². The van der Waals surface area contributed by atoms with E-state index >= 15 is 0 Å². The van der Waals surface area contributed by atoms with Crippen LogP contribution in [0.25, 0.3) is 77.6 Å². The molecule has 13 aromatic rings. The zero-order valence-electron chi connectivity index (χ0n) is 46.4. The first-order chi connectivity index (χ1) is 40.2. The average molecular weight is 1050 g/mol. The first-order valence-corrected chi connectivity index (χ1v) is 28.5. The molecule has 2 aliphatic heterocycles. The normalized spacial score (nSPS) is 12.6. The average Bonchev–Trinajstić information content (AvgIpc) is 1.67. The molecule has 0 radical (unpaired) electrons. The lowest BCUT2D eigenvalue weighted by Crippen LogP contribution is -2.61. The summed E-state index contributed by atoms with van der Waals surface area (Å²) in [6, 6.07) is 102. The molecular weight excluding hydrogens is 994 g/mol. The molecule has 0 spiro atoms. The smallest absolute Gasteiger partial charge is 0.333 e. The monoisotopic (exact) mass is 1050 g/mol. The minimum atomic E-state index is -0.262. The van der Waals surface area contributed by atoms with Crippen molar-refractivity contribution >= 4 is 85.2 Å². The Balaban J connectivity index is 1.03. The van der Waals surface area contributed by atoms with Crippen molar-refractivity contribution in [3.63, 3.8) is 0 Å². The fourth-order valence-corrected chi connectivity index (χ4v) is 12.9. The van der Waals surface area contributed by atoms with Crippen LogP contribution < -0.4 is 25.5 Å². The molecule has 0 unspecified atom stereocenters. The number of furan rings is 1. The zero-order chi connectivity index (χ0) is 55.1. The third-order valence-electron chi connectivity index (χ3n) is 16.9. The van der Waals surface area contributed by atoms with Crippen LogP contribution in [-0.2, 0) is 5.41 Å². The number of fused-ring (bicyclic) bond motifs is 8. The summed E-state index contributed by atoms with van der Waals surface area (Å²) in [5.41, 5.74) is 27.1. The SMILES string of the molecule is Cc1cc(C(C)(C)C)ccc1N1c2cc(N(c3ccc(-c4ccccc4)cc3)c3ccc(-c4ccccc4)cc3)ccc2B2c3c(cc4oc5ccccc5c4c31)-c1cc(-c3ccccc3)ccc1N2c1cccc(-c2ccccc2)c1. The van der Waals surface area contributed by atoms with Crippen LogP contribution in [0, 0.1) is 6.92 Å². The van der Waals surface area contributed by atoms with Gasteiger partial charge < -0.3 is 19.0 Å². The lowest BCUT2D eigenvalue weighted by atomic mass is 9.43. The lowest BCUT2D eigenvalue weighted by Gasteiger charge is -2.46. The zero-order valence-corrected chi connectivity index (χ0v) is 46.4. The van der Waals surface area contributed by atoms with Gasteiger partial charge in [0.05, 0.1) is 11.1 Å². The van der Waals surface area contributed by atoms with Gasteiger partial charge in [0.25, 0.3) is 0 Å². The fourth-order valence-electron chi connectivity index (χ4n) is 12.9. The van der Waals surface area contributed by atoms with Gasteiger partial charge in [-0.1, -0.05) is 221 Å². The number of rotatable bonds is 9. The molecule has 0 saturated heterocycles. The van der Waals surface area contributed by atoms with Gasteiger partial charge in [-0.15, -0.1) is 0 Å². The molecule has 0 saturated carbocycles. The third kappa shape index (κ3) is 8.31. The molecule has 5 heteroatoms. The maximum absolute atomic E-state index is 7.10. The summed E-state index contributed by atoms with van der Waals surface area (Å²) in [5, 5.41) is 2.18. The minimum absolute atomic E-state index is 0.0527. The van der Waals surface area contributed by atoms with Crippen LogP contribution in [0.4, 0.5) is 45.5 Å². The van der Waals surface area contributed by atoms with E-state index in [0.717, 1.165) is 89.7 Å². The maximum atomic E-state index is 7.10. The molecule has 0 atom stereocenters. The number of aryl methyl sites for hydroxylation is 1. The van der Waals surface area contributed by atoms with Gasteiger partial charge in [-0.2, -0.15) is 0 Å². The number of benzene rings is 12. The highest BCUT2D eigenvalue weighted by Gasteiger charge is 2.47. The molecule has 0 fully saturated rings. The summed E-state index contributed by atoms with van der Waals surface area (Å²) < 4.78 is 7.10. The van der Waals surface area contributed by atoms with Crippen molar-refractivity contribution < 1.29 is 4.42 Å². The largest absolute Gasteiger partial charge is 0.456 e. The summed E-state index contributed by atoms with van der Waals surface area (Å²) in [4.78, 5) is 7.65. The van der Waals surface area contributed by atoms with Gasteiger partial charge in [-0.3, -0.25) is 0 Å². The van der Waals surface area contributed by atoms with Crippen molar-refractivity contribution in [3.05, 3.63) is 290 Å². The number of nitrogens with zero attached hydrogens (tertiary/aromatic N) is 3. The Labute approximate surface area is 480 Å². The Morgan fingerprint density at radius 3 is 1.50 bits per heavy atom. The van der Waals surface area contributed by atoms with E-state index in [1.807, 2.05) is 0 Å². The molecule has 390 valence electrons.